The molecule has 0 radical (unpaired) electrons. The molecule has 7 nitrogen and oxygen atoms in total. The van der Waals surface area contributed by atoms with Crippen LogP contribution in [-0.2, 0) is 27.1 Å². The van der Waals surface area contributed by atoms with Gasteiger partial charge in [0.05, 0.1) is 0 Å². The molecule has 0 unspecified atom stereocenters. The highest BCUT2D eigenvalue weighted by Gasteiger charge is 2.16. The first kappa shape index (κ1) is 16.2. The van der Waals surface area contributed by atoms with Crippen LogP contribution in [0.25, 0.3) is 11.2 Å². The van der Waals surface area contributed by atoms with Crippen LogP contribution in [-0.4, -0.2) is 32.8 Å². The van der Waals surface area contributed by atoms with Crippen LogP contribution >= 0.6 is 0 Å². The number of aryl methyl sites for hydroxylation is 3. The first-order chi connectivity index (χ1) is 9.44. The van der Waals surface area contributed by atoms with Gasteiger partial charge in [0.1, 0.15) is 5.82 Å². The van der Waals surface area contributed by atoms with Gasteiger partial charge in [0.2, 0.25) is 0 Å². The number of nitrogens with one attached hydrogen (secondary N) is 1. The van der Waals surface area contributed by atoms with Crippen molar-refractivity contribution < 1.29 is 0 Å². The lowest BCUT2D eigenvalue weighted by Crippen LogP contribution is -2.37. The standard InChI is InChI=1S/C11H16N4O2.C2H7N/c1-5-7-12-9-8(15(7)6-2)10(16)14(4)11(17)13(9)3;1-3-2/h5-6H2,1-4H3;3H,1-2H3. The van der Waals surface area contributed by atoms with Crippen molar-refractivity contribution in [3.63, 3.8) is 0 Å². The summed E-state index contributed by atoms with van der Waals surface area (Å²) in [5, 5.41) is 2.75. The Kier molecular flexibility index (Phi) is 5.26. The van der Waals surface area contributed by atoms with E-state index in [1.165, 1.54) is 11.6 Å². The van der Waals surface area contributed by atoms with E-state index in [1.807, 2.05) is 32.5 Å². The van der Waals surface area contributed by atoms with Gasteiger partial charge in [0.25, 0.3) is 5.56 Å². The Morgan fingerprint density at radius 2 is 1.65 bits per heavy atom. The predicted octanol–water partition coefficient (Wildman–Crippen LogP) is -0.148. The zero-order valence-corrected chi connectivity index (χ0v) is 13.0. The number of imidazole rings is 1. The van der Waals surface area contributed by atoms with Crippen molar-refractivity contribution in [1.29, 1.82) is 0 Å². The van der Waals surface area contributed by atoms with Crippen LogP contribution in [0.2, 0.25) is 0 Å². The number of rotatable bonds is 2. The molecule has 7 heteroatoms. The second-order valence-corrected chi connectivity index (χ2v) is 4.50. The minimum atomic E-state index is -0.342. The van der Waals surface area contributed by atoms with E-state index in [1.54, 1.807) is 7.05 Å². The van der Waals surface area contributed by atoms with Crippen LogP contribution in [0.3, 0.4) is 0 Å². The van der Waals surface area contributed by atoms with Crippen molar-refractivity contribution in [3.05, 3.63) is 26.7 Å². The van der Waals surface area contributed by atoms with Gasteiger partial charge in [-0.1, -0.05) is 6.92 Å². The summed E-state index contributed by atoms with van der Waals surface area (Å²) in [5.74, 6) is 0.834. The summed E-state index contributed by atoms with van der Waals surface area (Å²) in [6.45, 7) is 4.62. The second kappa shape index (κ2) is 6.51. The molecule has 2 aromatic heterocycles. The Hall–Kier alpha value is -1.89. The summed E-state index contributed by atoms with van der Waals surface area (Å²) in [4.78, 5) is 28.3. The molecule has 0 saturated heterocycles. The van der Waals surface area contributed by atoms with Crippen LogP contribution in [0, 0.1) is 0 Å². The molecule has 112 valence electrons. The fraction of sp³-hybridized carbons (Fsp3) is 0.615. The van der Waals surface area contributed by atoms with Crippen molar-refractivity contribution in [2.75, 3.05) is 14.1 Å². The maximum atomic E-state index is 12.1. The second-order valence-electron chi connectivity index (χ2n) is 4.50. The van der Waals surface area contributed by atoms with Crippen molar-refractivity contribution >= 4 is 11.2 Å². The minimum absolute atomic E-state index is 0.280. The average molecular weight is 281 g/mol. The predicted molar refractivity (Wildman–Crippen MR) is 80.3 cm³/mol. The van der Waals surface area contributed by atoms with E-state index < -0.39 is 0 Å². The Bertz CT molecular complexity index is 708. The van der Waals surface area contributed by atoms with Gasteiger partial charge in [-0.05, 0) is 21.0 Å². The van der Waals surface area contributed by atoms with Gasteiger partial charge in [-0.25, -0.2) is 9.78 Å². The lowest BCUT2D eigenvalue weighted by molar-refractivity contribution is 0.693. The summed E-state index contributed by atoms with van der Waals surface area (Å²) in [6, 6.07) is 0. The molecule has 0 fully saturated rings. The molecule has 20 heavy (non-hydrogen) atoms. The van der Waals surface area contributed by atoms with E-state index in [0.29, 0.717) is 17.7 Å². The lowest BCUT2D eigenvalue weighted by atomic mass is 10.4. The van der Waals surface area contributed by atoms with Crippen LogP contribution in [0.1, 0.15) is 19.7 Å². The summed E-state index contributed by atoms with van der Waals surface area (Å²) in [5.41, 5.74) is 0.355. The fourth-order valence-electron chi connectivity index (χ4n) is 2.10. The molecular weight excluding hydrogens is 258 g/mol. The topological polar surface area (TPSA) is 73.8 Å². The van der Waals surface area contributed by atoms with Crippen LogP contribution in [0.5, 0.6) is 0 Å². The maximum absolute atomic E-state index is 12.1. The summed E-state index contributed by atoms with van der Waals surface area (Å²) in [7, 11) is 6.87. The average Bonchev–Trinajstić information content (AvgIpc) is 2.82. The smallest absolute Gasteiger partial charge is 0.323 e. The van der Waals surface area contributed by atoms with E-state index in [9.17, 15) is 9.59 Å². The Morgan fingerprint density at radius 1 is 1.10 bits per heavy atom. The van der Waals surface area contributed by atoms with E-state index in [0.717, 1.165) is 16.8 Å². The van der Waals surface area contributed by atoms with E-state index in [-0.39, 0.29) is 11.2 Å². The molecule has 0 atom stereocenters. The molecule has 2 rings (SSSR count). The number of hydrogen-bond acceptors (Lipinski definition) is 4. The molecule has 0 aliphatic carbocycles. The molecule has 0 aliphatic heterocycles. The zero-order valence-electron chi connectivity index (χ0n) is 13.0. The normalized spacial score (nSPS) is 10.5. The lowest BCUT2D eigenvalue weighted by Gasteiger charge is -2.05. The summed E-state index contributed by atoms with van der Waals surface area (Å²) >= 11 is 0. The SMILES string of the molecule is CCc1nc2c(c(=O)n(C)c(=O)n2C)n1CC.CNC. The number of fused-ring (bicyclic) bond motifs is 1. The summed E-state index contributed by atoms with van der Waals surface area (Å²) < 4.78 is 4.41. The highest BCUT2D eigenvalue weighted by molar-refractivity contribution is 5.71. The van der Waals surface area contributed by atoms with Gasteiger partial charge >= 0.3 is 5.69 Å². The van der Waals surface area contributed by atoms with Gasteiger partial charge in [-0.15, -0.1) is 0 Å². The molecule has 0 bridgehead atoms. The van der Waals surface area contributed by atoms with Gasteiger partial charge < -0.3 is 9.88 Å². The Labute approximate surface area is 117 Å². The molecule has 0 spiro atoms. The maximum Gasteiger partial charge on any atom is 0.332 e. The molecule has 2 heterocycles. The van der Waals surface area contributed by atoms with Gasteiger partial charge in [0.15, 0.2) is 11.2 Å². The molecule has 0 aliphatic rings. The van der Waals surface area contributed by atoms with Crippen LogP contribution in [0.15, 0.2) is 9.59 Å². The third-order valence-corrected chi connectivity index (χ3v) is 3.06. The Balaban J connectivity index is 0.000000612. The molecule has 1 N–H and O–H groups in total. The molecular formula is C13H23N5O2. The van der Waals surface area contributed by atoms with Gasteiger partial charge in [-0.2, -0.15) is 0 Å². The quantitative estimate of drug-likeness (QED) is 0.831. The van der Waals surface area contributed by atoms with Crippen molar-refractivity contribution in [2.45, 2.75) is 26.8 Å². The molecule has 0 aromatic carbocycles. The first-order valence-corrected chi connectivity index (χ1v) is 6.68. The van der Waals surface area contributed by atoms with Gasteiger partial charge in [-0.3, -0.25) is 13.9 Å². The Morgan fingerprint density at radius 3 is 2.10 bits per heavy atom. The van der Waals surface area contributed by atoms with Crippen molar-refractivity contribution in [1.82, 2.24) is 24.0 Å². The highest BCUT2D eigenvalue weighted by atomic mass is 16.2. The van der Waals surface area contributed by atoms with E-state index in [4.69, 9.17) is 0 Å². The van der Waals surface area contributed by atoms with Crippen LogP contribution < -0.4 is 16.6 Å². The minimum Gasteiger partial charge on any atom is -0.323 e. The monoisotopic (exact) mass is 281 g/mol. The highest BCUT2D eigenvalue weighted by Crippen LogP contribution is 2.10. The number of nitrogens with zero attached hydrogens (tertiary/aromatic N) is 4. The summed E-state index contributed by atoms with van der Waals surface area (Å²) in [6.07, 6.45) is 0.736. The van der Waals surface area contributed by atoms with Crippen LogP contribution in [0.4, 0.5) is 0 Å². The largest absolute Gasteiger partial charge is 0.332 e. The number of hydrogen-bond donors (Lipinski definition) is 1. The molecule has 2 aromatic rings. The van der Waals surface area contributed by atoms with Gasteiger partial charge in [0, 0.05) is 27.1 Å². The fourth-order valence-corrected chi connectivity index (χ4v) is 2.10. The zero-order chi connectivity index (χ0) is 15.4. The van der Waals surface area contributed by atoms with E-state index in [2.05, 4.69) is 10.3 Å². The molecule has 0 amide bonds. The molecule has 0 saturated carbocycles. The van der Waals surface area contributed by atoms with E-state index >= 15 is 0 Å². The third kappa shape index (κ3) is 2.53. The third-order valence-electron chi connectivity index (χ3n) is 3.06. The number of aromatic nitrogens is 4. The van der Waals surface area contributed by atoms with Crippen molar-refractivity contribution in [3.8, 4) is 0 Å². The van der Waals surface area contributed by atoms with Crippen molar-refractivity contribution in [2.24, 2.45) is 14.1 Å². The first-order valence-electron chi connectivity index (χ1n) is 6.68.